The van der Waals surface area contributed by atoms with E-state index in [-0.39, 0.29) is 53.0 Å². The van der Waals surface area contributed by atoms with Crippen molar-refractivity contribution in [1.29, 1.82) is 0 Å². The van der Waals surface area contributed by atoms with Crippen LogP contribution in [0.3, 0.4) is 0 Å². The number of benzene rings is 8. The van der Waals surface area contributed by atoms with E-state index in [0.717, 1.165) is 92.3 Å². The smallest absolute Gasteiger partial charge is 0.291 e. The van der Waals surface area contributed by atoms with E-state index in [1.807, 2.05) is 179 Å². The van der Waals surface area contributed by atoms with Crippen LogP contribution in [0.25, 0.3) is 24.3 Å². The van der Waals surface area contributed by atoms with E-state index >= 15 is 0 Å². The van der Waals surface area contributed by atoms with Crippen LogP contribution in [0.2, 0.25) is 0 Å². The minimum Gasteiger partial charge on any atom is -0.474 e. The summed E-state index contributed by atoms with van der Waals surface area (Å²) in [5.41, 5.74) is 11.6. The molecule has 4 aliphatic heterocycles. The summed E-state index contributed by atoms with van der Waals surface area (Å²) in [4.78, 5) is 46.4. The second-order valence-corrected chi connectivity index (χ2v) is 27.5. The summed E-state index contributed by atoms with van der Waals surface area (Å²) in [7, 11) is 0. The fourth-order valence-corrected chi connectivity index (χ4v) is 15.4. The number of hydrogen-bond donors (Lipinski definition) is 0. The fourth-order valence-electron chi connectivity index (χ4n) is 9.29. The van der Waals surface area contributed by atoms with Gasteiger partial charge in [0.1, 0.15) is 22.0 Å². The Morgan fingerprint density at radius 1 is 0.372 bits per heavy atom. The first-order valence-corrected chi connectivity index (χ1v) is 32.5. The van der Waals surface area contributed by atoms with Crippen molar-refractivity contribution < 1.29 is 29.2 Å². The summed E-state index contributed by atoms with van der Waals surface area (Å²) >= 11 is 23.6. The van der Waals surface area contributed by atoms with Gasteiger partial charge in [0.2, 0.25) is 12.2 Å². The highest BCUT2D eigenvalue weighted by Crippen LogP contribution is 2.51. The molecule has 0 radical (unpaired) electrons. The fraction of sp³-hybridized carbons (Fsp3) is 0.125. The zero-order chi connectivity index (χ0) is 61.7. The van der Waals surface area contributed by atoms with Gasteiger partial charge in [-0.2, -0.15) is 0 Å². The van der Waals surface area contributed by atoms with Gasteiger partial charge < -0.3 is 9.47 Å². The highest BCUT2D eigenvalue weighted by Gasteiger charge is 2.37. The number of rotatable bonds is 8. The number of hydrogen-bond acceptors (Lipinski definition) is 12. The maximum Gasteiger partial charge on any atom is 0.291 e. The second kappa shape index (κ2) is 28.1. The Labute approximate surface area is 553 Å². The number of nitro groups is 4. The standard InChI is InChI=1S/C16H11Br2NO3.C16H11Br2NO2S.C16H12BrNO3.C16H12BrNO2S/c2*1-9-2-4-10(5-3-9)16-14(19(20)21)7-11-6-12(17)8-13(18)15(11)22-16;2*1-10-2-4-11(5-3-10)16-14(18(19)20)9-12-8-13(17)6-7-15(12)21-16/h2*2-8,16H,1H3;2*2-9,16H,1H3. The highest BCUT2D eigenvalue weighted by atomic mass is 79.9. The molecule has 0 amide bonds. The van der Waals surface area contributed by atoms with Crippen molar-refractivity contribution in [1.82, 2.24) is 0 Å². The van der Waals surface area contributed by atoms with Crippen molar-refractivity contribution in [3.8, 4) is 11.5 Å². The zero-order valence-corrected chi connectivity index (χ0v) is 56.7. The minimum absolute atomic E-state index is 0.0290. The van der Waals surface area contributed by atoms with E-state index in [1.54, 1.807) is 30.4 Å². The van der Waals surface area contributed by atoms with Crippen molar-refractivity contribution in [3.63, 3.8) is 0 Å². The number of ether oxygens (including phenoxy) is 2. The first-order valence-electron chi connectivity index (χ1n) is 25.9. The molecule has 0 spiro atoms. The molecule has 0 saturated heterocycles. The Hall–Kier alpha value is -6.50. The summed E-state index contributed by atoms with van der Waals surface area (Å²) < 4.78 is 17.0. The normalized spacial score (nSPS) is 16.8. The van der Waals surface area contributed by atoms with Crippen LogP contribution >= 0.6 is 119 Å². The van der Waals surface area contributed by atoms with Gasteiger partial charge >= 0.3 is 0 Å². The molecule has 8 aromatic carbocycles. The van der Waals surface area contributed by atoms with E-state index < -0.39 is 12.2 Å². The van der Waals surface area contributed by atoms with Gasteiger partial charge in [-0.25, -0.2) is 0 Å². The average Bonchev–Trinajstić information content (AvgIpc) is 1.35. The van der Waals surface area contributed by atoms with Crippen LogP contribution in [0, 0.1) is 68.2 Å². The molecule has 0 fully saturated rings. The predicted octanol–water partition coefficient (Wildman–Crippen LogP) is 21.0. The summed E-state index contributed by atoms with van der Waals surface area (Å²) in [6.45, 7) is 7.96. The van der Waals surface area contributed by atoms with Gasteiger partial charge in [-0.3, -0.25) is 40.5 Å². The molecule has 0 aromatic heterocycles. The molecule has 86 heavy (non-hydrogen) atoms. The lowest BCUT2D eigenvalue weighted by Gasteiger charge is -2.24. The molecular weight excluding hydrogens is 1530 g/mol. The molecule has 4 atom stereocenters. The van der Waals surface area contributed by atoms with Crippen molar-refractivity contribution in [2.75, 3.05) is 0 Å². The van der Waals surface area contributed by atoms with Gasteiger partial charge in [0.05, 0.1) is 24.2 Å². The van der Waals surface area contributed by atoms with Gasteiger partial charge in [-0.05, 0) is 142 Å². The monoisotopic (exact) mass is 1570 g/mol. The summed E-state index contributed by atoms with van der Waals surface area (Å²) in [5, 5.41) is 45.1. The molecule has 0 N–H and O–H groups in total. The molecule has 8 aromatic rings. The summed E-state index contributed by atoms with van der Waals surface area (Å²) in [6.07, 6.45) is 5.09. The van der Waals surface area contributed by atoms with Gasteiger partial charge in [0.15, 0.2) is 0 Å². The summed E-state index contributed by atoms with van der Waals surface area (Å²) in [5.74, 6) is 1.26. The van der Waals surface area contributed by atoms with E-state index in [2.05, 4.69) is 95.6 Å². The van der Waals surface area contributed by atoms with E-state index in [1.165, 1.54) is 23.5 Å². The molecule has 4 heterocycles. The van der Waals surface area contributed by atoms with Crippen molar-refractivity contribution >= 4 is 143 Å². The van der Waals surface area contributed by atoms with Crippen molar-refractivity contribution in [2.45, 2.75) is 60.2 Å². The maximum atomic E-state index is 11.5. The van der Waals surface area contributed by atoms with Gasteiger partial charge in [0, 0.05) is 78.7 Å². The van der Waals surface area contributed by atoms with Crippen LogP contribution < -0.4 is 9.47 Å². The van der Waals surface area contributed by atoms with Crippen LogP contribution in [0.4, 0.5) is 0 Å². The van der Waals surface area contributed by atoms with Crippen LogP contribution in [-0.2, 0) is 0 Å². The third kappa shape index (κ3) is 15.4. The molecular formula is C64H46Br6N4O10S2. The lowest BCUT2D eigenvalue weighted by molar-refractivity contribution is -0.434. The molecule has 12 rings (SSSR count). The molecule has 436 valence electrons. The van der Waals surface area contributed by atoms with Gasteiger partial charge in [-0.15, -0.1) is 23.5 Å². The lowest BCUT2D eigenvalue weighted by Crippen LogP contribution is -2.20. The topological polar surface area (TPSA) is 191 Å². The van der Waals surface area contributed by atoms with E-state index in [4.69, 9.17) is 9.47 Å². The molecule has 0 bridgehead atoms. The van der Waals surface area contributed by atoms with Crippen LogP contribution in [0.5, 0.6) is 11.5 Å². The highest BCUT2D eigenvalue weighted by molar-refractivity contribution is 9.11. The molecule has 4 unspecified atom stereocenters. The number of nitrogens with zero attached hydrogens (tertiary/aromatic N) is 4. The van der Waals surface area contributed by atoms with Crippen LogP contribution in [0.15, 0.2) is 217 Å². The number of aryl methyl sites for hydroxylation is 4. The van der Waals surface area contributed by atoms with Crippen LogP contribution in [-0.4, -0.2) is 19.7 Å². The van der Waals surface area contributed by atoms with Crippen molar-refractivity contribution in [3.05, 3.63) is 315 Å². The molecule has 4 aliphatic rings. The van der Waals surface area contributed by atoms with Crippen LogP contribution in [0.1, 0.15) is 89.5 Å². The Kier molecular flexibility index (Phi) is 20.9. The Balaban J connectivity index is 0.000000137. The second-order valence-electron chi connectivity index (χ2n) is 19.9. The SMILES string of the molecule is Cc1ccc(C2Oc3c(Br)cc(Br)cc3C=C2[N+](=O)[O-])cc1.Cc1ccc(C2Oc3ccc(Br)cc3C=C2[N+](=O)[O-])cc1.Cc1ccc(C2Sc3c(Br)cc(Br)cc3C=C2[N+](=O)[O-])cc1.Cc1ccc(C2Sc3ccc(Br)cc3C=C2[N+](=O)[O-])cc1. The van der Waals surface area contributed by atoms with Crippen molar-refractivity contribution in [2.24, 2.45) is 0 Å². The zero-order valence-electron chi connectivity index (χ0n) is 45.6. The maximum absolute atomic E-state index is 11.5. The summed E-state index contributed by atoms with van der Waals surface area (Å²) in [6, 6.07) is 49.8. The lowest BCUT2D eigenvalue weighted by atomic mass is 10.0. The first kappa shape index (κ1) is 64.0. The third-order valence-corrected chi connectivity index (χ3v) is 19.8. The number of fused-ring (bicyclic) bond motifs is 4. The predicted molar refractivity (Wildman–Crippen MR) is 361 cm³/mol. The molecule has 0 saturated carbocycles. The van der Waals surface area contributed by atoms with Gasteiger partial charge in [0.25, 0.3) is 22.8 Å². The Morgan fingerprint density at radius 3 is 1.23 bits per heavy atom. The Bertz CT molecular complexity index is 3840. The largest absolute Gasteiger partial charge is 0.474 e. The number of thioether (sulfide) groups is 2. The molecule has 0 aliphatic carbocycles. The minimum atomic E-state index is -0.722. The van der Waals surface area contributed by atoms with E-state index in [0.29, 0.717) is 22.6 Å². The van der Waals surface area contributed by atoms with E-state index in [9.17, 15) is 40.5 Å². The quantitative estimate of drug-likeness (QED) is 0.103. The average molecular weight is 1570 g/mol. The molecule has 14 nitrogen and oxygen atoms in total. The third-order valence-electron chi connectivity index (χ3n) is 13.6. The first-order chi connectivity index (χ1) is 41.0. The molecule has 22 heteroatoms. The van der Waals surface area contributed by atoms with Gasteiger partial charge in [-0.1, -0.05) is 183 Å². The Morgan fingerprint density at radius 2 is 0.744 bits per heavy atom. The number of halogens is 6.